The molecule has 0 bridgehead atoms. The van der Waals surface area contributed by atoms with Gasteiger partial charge in [-0.05, 0) is 24.1 Å². The van der Waals surface area contributed by atoms with Crippen molar-refractivity contribution in [3.8, 4) is 5.75 Å². The zero-order valence-electron chi connectivity index (χ0n) is 19.0. The molecule has 15 heteroatoms. The monoisotopic (exact) mass is 527 g/mol. The molecule has 0 aromatic heterocycles. The normalized spacial score (nSPS) is 13.9. The van der Waals surface area contributed by atoms with Crippen LogP contribution < -0.4 is 27.4 Å². The largest absolute Gasteiger partial charge is 0.508 e. The maximum Gasteiger partial charge on any atom is 0.326 e. The highest BCUT2D eigenvalue weighted by Gasteiger charge is 2.31. The summed E-state index contributed by atoms with van der Waals surface area (Å²) in [6.45, 7) is 0. The molecule has 0 aliphatic heterocycles. The first-order valence-corrected chi connectivity index (χ1v) is 11.3. The smallest absolute Gasteiger partial charge is 0.326 e. The predicted octanol–water partition coefficient (Wildman–Crippen LogP) is -2.53. The Balaban J connectivity index is 3.16. The minimum atomic E-state index is -1.57. The van der Waals surface area contributed by atoms with Crippen LogP contribution in [0.4, 0.5) is 0 Å². The number of aromatic hydroxyl groups is 1. The van der Waals surface area contributed by atoms with Crippen LogP contribution >= 0.6 is 12.6 Å². The molecule has 14 nitrogen and oxygen atoms in total. The summed E-state index contributed by atoms with van der Waals surface area (Å²) in [5.41, 5.74) is 11.2. The van der Waals surface area contributed by atoms with Crippen molar-refractivity contribution >= 4 is 48.2 Å². The molecule has 1 aromatic rings. The lowest BCUT2D eigenvalue weighted by molar-refractivity contribution is -0.143. The van der Waals surface area contributed by atoms with Crippen molar-refractivity contribution in [2.75, 3.05) is 5.75 Å². The fraction of sp³-hybridized carbons (Fsp3) is 0.429. The van der Waals surface area contributed by atoms with Crippen molar-refractivity contribution in [2.24, 2.45) is 11.5 Å². The number of phenols is 1. The number of hydrogen-bond acceptors (Lipinski definition) is 9. The Morgan fingerprint density at radius 2 is 1.39 bits per heavy atom. The van der Waals surface area contributed by atoms with Crippen molar-refractivity contribution in [3.05, 3.63) is 29.8 Å². The van der Waals surface area contributed by atoms with E-state index in [2.05, 4.69) is 28.6 Å². The molecule has 4 unspecified atom stereocenters. The Morgan fingerprint density at radius 1 is 0.861 bits per heavy atom. The summed E-state index contributed by atoms with van der Waals surface area (Å²) in [5.74, 6) is -6.56. The Labute approximate surface area is 211 Å². The van der Waals surface area contributed by atoms with E-state index in [1.807, 2.05) is 0 Å². The first-order valence-electron chi connectivity index (χ1n) is 10.6. The van der Waals surface area contributed by atoms with Gasteiger partial charge in [0, 0.05) is 18.6 Å². The maximum absolute atomic E-state index is 12.9. The molecule has 0 saturated heterocycles. The number of phenolic OH excluding ortho intramolecular Hbond substituents is 1. The lowest BCUT2D eigenvalue weighted by Crippen LogP contribution is -2.58. The Kier molecular flexibility index (Phi) is 12.2. The van der Waals surface area contributed by atoms with Crippen LogP contribution in [0.3, 0.4) is 0 Å². The van der Waals surface area contributed by atoms with Crippen molar-refractivity contribution in [1.29, 1.82) is 0 Å². The van der Waals surface area contributed by atoms with Gasteiger partial charge < -0.3 is 42.7 Å². The van der Waals surface area contributed by atoms with E-state index >= 15 is 0 Å². The predicted molar refractivity (Wildman–Crippen MR) is 128 cm³/mol. The molecule has 0 aliphatic carbocycles. The highest BCUT2D eigenvalue weighted by Crippen LogP contribution is 2.12. The summed E-state index contributed by atoms with van der Waals surface area (Å²) in [5, 5.41) is 34.4. The number of rotatable bonds is 15. The summed E-state index contributed by atoms with van der Waals surface area (Å²) >= 11 is 3.89. The lowest BCUT2D eigenvalue weighted by Gasteiger charge is -2.24. The molecule has 4 amide bonds. The van der Waals surface area contributed by atoms with Crippen molar-refractivity contribution in [2.45, 2.75) is 49.9 Å². The summed E-state index contributed by atoms with van der Waals surface area (Å²) in [6, 6.07) is -0.0228. The SMILES string of the molecule is NC(=O)CC(NC(=O)C(N)CS)C(=O)NC(Cc1ccc(O)cc1)C(=O)NC(CCC(=O)O)C(=O)O. The number of carbonyl (C=O) groups excluding carboxylic acids is 4. The Hall–Kier alpha value is -3.85. The molecule has 0 spiro atoms. The topological polar surface area (TPSA) is 251 Å². The highest BCUT2D eigenvalue weighted by atomic mass is 32.1. The van der Waals surface area contributed by atoms with E-state index in [4.69, 9.17) is 16.6 Å². The molecule has 0 saturated carbocycles. The van der Waals surface area contributed by atoms with Gasteiger partial charge in [0.15, 0.2) is 0 Å². The molecule has 36 heavy (non-hydrogen) atoms. The third-order valence-corrected chi connectivity index (χ3v) is 5.24. The van der Waals surface area contributed by atoms with Gasteiger partial charge in [0.05, 0.1) is 12.5 Å². The highest BCUT2D eigenvalue weighted by molar-refractivity contribution is 7.80. The molecular weight excluding hydrogens is 498 g/mol. The minimum Gasteiger partial charge on any atom is -0.508 e. The first kappa shape index (κ1) is 30.2. The quantitative estimate of drug-likeness (QED) is 0.108. The van der Waals surface area contributed by atoms with Gasteiger partial charge in [-0.25, -0.2) is 4.79 Å². The number of carboxylic acids is 2. The molecule has 1 rings (SSSR count). The van der Waals surface area contributed by atoms with E-state index in [1.165, 1.54) is 24.3 Å². The van der Waals surface area contributed by atoms with Gasteiger partial charge in [-0.3, -0.25) is 24.0 Å². The van der Waals surface area contributed by atoms with Crippen LogP contribution in [-0.2, 0) is 35.2 Å². The van der Waals surface area contributed by atoms with Gasteiger partial charge in [0.1, 0.15) is 23.9 Å². The van der Waals surface area contributed by atoms with Gasteiger partial charge in [0.2, 0.25) is 23.6 Å². The molecule has 0 radical (unpaired) electrons. The van der Waals surface area contributed by atoms with Crippen LogP contribution in [0.15, 0.2) is 24.3 Å². The van der Waals surface area contributed by atoms with E-state index in [0.717, 1.165) is 0 Å². The molecule has 1 aromatic carbocycles. The second-order valence-corrected chi connectivity index (χ2v) is 8.15. The van der Waals surface area contributed by atoms with Crippen LogP contribution in [0.2, 0.25) is 0 Å². The second kappa shape index (κ2) is 14.5. The molecule has 0 aliphatic rings. The number of nitrogens with one attached hydrogen (secondary N) is 3. The fourth-order valence-corrected chi connectivity index (χ4v) is 3.08. The third-order valence-electron chi connectivity index (χ3n) is 4.84. The van der Waals surface area contributed by atoms with E-state index in [0.29, 0.717) is 5.56 Å². The van der Waals surface area contributed by atoms with Gasteiger partial charge in [-0.1, -0.05) is 12.1 Å². The number of thiol groups is 1. The van der Waals surface area contributed by atoms with Crippen LogP contribution in [-0.4, -0.2) is 80.8 Å². The lowest BCUT2D eigenvalue weighted by atomic mass is 10.0. The van der Waals surface area contributed by atoms with Crippen LogP contribution in [0, 0.1) is 0 Å². The number of aliphatic carboxylic acids is 2. The van der Waals surface area contributed by atoms with Crippen molar-refractivity contribution in [3.63, 3.8) is 0 Å². The van der Waals surface area contributed by atoms with Gasteiger partial charge >= 0.3 is 11.9 Å². The number of primary amides is 1. The van der Waals surface area contributed by atoms with E-state index in [9.17, 15) is 39.0 Å². The second-order valence-electron chi connectivity index (χ2n) is 7.78. The standard InChI is InChI=1S/C21H29N5O9S/c22-12(9-36)18(31)25-15(8-16(23)28)20(33)26-14(7-10-1-3-11(27)4-2-10)19(32)24-13(21(34)35)5-6-17(29)30/h1-4,12-15,27,36H,5-9,22H2,(H2,23,28)(H,24,32)(H,25,31)(H,26,33)(H,29,30)(H,34,35). The summed E-state index contributed by atoms with van der Waals surface area (Å²) in [6.07, 6.45) is -1.76. The van der Waals surface area contributed by atoms with Crippen LogP contribution in [0.5, 0.6) is 5.75 Å². The number of benzene rings is 1. The van der Waals surface area contributed by atoms with E-state index < -0.39 is 79.0 Å². The van der Waals surface area contributed by atoms with Crippen LogP contribution in [0.1, 0.15) is 24.8 Å². The average molecular weight is 528 g/mol. The third kappa shape index (κ3) is 10.6. The van der Waals surface area contributed by atoms with E-state index in [1.54, 1.807) is 0 Å². The minimum absolute atomic E-state index is 0.0600. The Bertz CT molecular complexity index is 973. The fourth-order valence-electron chi connectivity index (χ4n) is 2.92. The van der Waals surface area contributed by atoms with E-state index in [-0.39, 0.29) is 17.9 Å². The molecule has 0 heterocycles. The number of nitrogens with two attached hydrogens (primary N) is 2. The van der Waals surface area contributed by atoms with Gasteiger partial charge in [-0.15, -0.1) is 0 Å². The average Bonchev–Trinajstić information content (AvgIpc) is 2.80. The molecule has 4 atom stereocenters. The zero-order valence-corrected chi connectivity index (χ0v) is 19.9. The first-order chi connectivity index (χ1) is 16.8. The maximum atomic E-state index is 12.9. The van der Waals surface area contributed by atoms with Crippen molar-refractivity contribution in [1.82, 2.24) is 16.0 Å². The van der Waals surface area contributed by atoms with Gasteiger partial charge in [0.25, 0.3) is 0 Å². The number of amides is 4. The molecule has 0 fully saturated rings. The number of hydrogen-bond donors (Lipinski definition) is 9. The van der Waals surface area contributed by atoms with Crippen molar-refractivity contribution < 1.29 is 44.1 Å². The van der Waals surface area contributed by atoms with Gasteiger partial charge in [-0.2, -0.15) is 12.6 Å². The number of carboxylic acid groups (broad SMARTS) is 2. The number of carbonyl (C=O) groups is 6. The summed E-state index contributed by atoms with van der Waals surface area (Å²) in [7, 11) is 0. The summed E-state index contributed by atoms with van der Waals surface area (Å²) < 4.78 is 0. The Morgan fingerprint density at radius 3 is 1.89 bits per heavy atom. The molecule has 10 N–H and O–H groups in total. The molecule has 198 valence electrons. The molecular formula is C21H29N5O9S. The van der Waals surface area contributed by atoms with Crippen LogP contribution in [0.25, 0.3) is 0 Å². The zero-order chi connectivity index (χ0) is 27.4. The summed E-state index contributed by atoms with van der Waals surface area (Å²) in [4.78, 5) is 71.7.